The summed E-state index contributed by atoms with van der Waals surface area (Å²) in [4.78, 5) is 22.9. The van der Waals surface area contributed by atoms with Gasteiger partial charge in [0.25, 0.3) is 0 Å². The molecule has 0 bridgehead atoms. The van der Waals surface area contributed by atoms with Crippen molar-refractivity contribution in [3.63, 3.8) is 0 Å². The van der Waals surface area contributed by atoms with Crippen LogP contribution < -0.4 is 10.6 Å². The number of carboxylic acid groups (broad SMARTS) is 1. The first kappa shape index (κ1) is 15.2. The number of carbonyl (C=O) groups is 2. The molecule has 0 saturated heterocycles. The number of amides is 2. The van der Waals surface area contributed by atoms with E-state index in [-0.39, 0.29) is 27.8 Å². The van der Waals surface area contributed by atoms with Gasteiger partial charge in [0.05, 0.1) is 28.8 Å². The molecule has 8 heteroatoms. The number of carbonyl (C=O) groups excluding carboxylic acids is 1. The highest BCUT2D eigenvalue weighted by Gasteiger charge is 2.17. The number of carboxylic acids is 1. The van der Waals surface area contributed by atoms with Crippen LogP contribution in [-0.4, -0.2) is 17.1 Å². The molecule has 110 valence electrons. The smallest absolute Gasteiger partial charge is 0.337 e. The summed E-state index contributed by atoms with van der Waals surface area (Å²) < 4.78 is 4.86. The summed E-state index contributed by atoms with van der Waals surface area (Å²) in [5.74, 6) is -1.25. The third-order valence-electron chi connectivity index (χ3n) is 2.56. The molecule has 2 aromatic rings. The van der Waals surface area contributed by atoms with Gasteiger partial charge in [-0.15, -0.1) is 0 Å². The summed E-state index contributed by atoms with van der Waals surface area (Å²) >= 11 is 11.7. The van der Waals surface area contributed by atoms with Crippen molar-refractivity contribution >= 4 is 40.9 Å². The first-order chi connectivity index (χ1) is 9.97. The van der Waals surface area contributed by atoms with E-state index in [2.05, 4.69) is 10.6 Å². The van der Waals surface area contributed by atoms with E-state index in [0.29, 0.717) is 0 Å². The summed E-state index contributed by atoms with van der Waals surface area (Å²) in [6, 6.07) is 3.66. The predicted octanol–water partition coefficient (Wildman–Crippen LogP) is 3.61. The monoisotopic (exact) mass is 328 g/mol. The number of benzene rings is 1. The lowest BCUT2D eigenvalue weighted by Crippen LogP contribution is -2.29. The minimum absolute atomic E-state index is 0.0155. The standard InChI is InChI=1S/C13H10Cl2N2O4/c14-8-3-9(12(18)19)11(10(15)4-8)17-13(20)16-5-7-1-2-21-6-7/h1-4,6H,5H2,(H,18,19)(H2,16,17,20). The number of rotatable bonds is 4. The van der Waals surface area contributed by atoms with Crippen LogP contribution in [0.5, 0.6) is 0 Å². The van der Waals surface area contributed by atoms with Crippen LogP contribution in [0.2, 0.25) is 10.0 Å². The van der Waals surface area contributed by atoms with E-state index in [9.17, 15) is 9.59 Å². The van der Waals surface area contributed by atoms with E-state index < -0.39 is 12.0 Å². The maximum Gasteiger partial charge on any atom is 0.337 e. The Morgan fingerprint density at radius 2 is 2.05 bits per heavy atom. The van der Waals surface area contributed by atoms with Gasteiger partial charge in [-0.2, -0.15) is 0 Å². The first-order valence-electron chi connectivity index (χ1n) is 5.75. The molecule has 2 amide bonds. The maximum atomic E-state index is 11.8. The minimum atomic E-state index is -1.25. The van der Waals surface area contributed by atoms with Crippen LogP contribution in [0.4, 0.5) is 10.5 Å². The number of urea groups is 1. The number of nitrogens with one attached hydrogen (secondary N) is 2. The zero-order valence-corrected chi connectivity index (χ0v) is 12.0. The molecule has 0 aliphatic heterocycles. The Morgan fingerprint density at radius 1 is 1.29 bits per heavy atom. The van der Waals surface area contributed by atoms with Gasteiger partial charge in [-0.3, -0.25) is 0 Å². The van der Waals surface area contributed by atoms with Crippen molar-refractivity contribution in [3.05, 3.63) is 51.9 Å². The molecule has 0 saturated carbocycles. The van der Waals surface area contributed by atoms with E-state index in [1.54, 1.807) is 6.07 Å². The molecular weight excluding hydrogens is 319 g/mol. The number of hydrogen-bond acceptors (Lipinski definition) is 3. The lowest BCUT2D eigenvalue weighted by atomic mass is 10.2. The molecular formula is C13H10Cl2N2O4. The summed E-state index contributed by atoms with van der Waals surface area (Å²) in [7, 11) is 0. The molecule has 0 spiro atoms. The fourth-order valence-corrected chi connectivity index (χ4v) is 2.14. The second-order valence-electron chi connectivity index (χ2n) is 4.05. The van der Waals surface area contributed by atoms with E-state index in [4.69, 9.17) is 32.7 Å². The molecule has 1 aromatic heterocycles. The Bertz CT molecular complexity index is 671. The van der Waals surface area contributed by atoms with Crippen molar-refractivity contribution in [2.24, 2.45) is 0 Å². The van der Waals surface area contributed by atoms with Gasteiger partial charge in [0.1, 0.15) is 0 Å². The summed E-state index contributed by atoms with van der Waals surface area (Å²) in [5.41, 5.74) is 0.565. The third-order valence-corrected chi connectivity index (χ3v) is 3.07. The summed E-state index contributed by atoms with van der Waals surface area (Å²) in [6.07, 6.45) is 2.96. The van der Waals surface area contributed by atoms with E-state index in [0.717, 1.165) is 5.56 Å². The summed E-state index contributed by atoms with van der Waals surface area (Å²) in [6.45, 7) is 0.232. The second-order valence-corrected chi connectivity index (χ2v) is 4.90. The number of anilines is 1. The SMILES string of the molecule is O=C(NCc1ccoc1)Nc1c(Cl)cc(Cl)cc1C(=O)O. The van der Waals surface area contributed by atoms with E-state index >= 15 is 0 Å². The number of furan rings is 1. The van der Waals surface area contributed by atoms with Gasteiger partial charge in [0, 0.05) is 17.1 Å². The molecule has 0 fully saturated rings. The van der Waals surface area contributed by atoms with Crippen LogP contribution in [0.3, 0.4) is 0 Å². The van der Waals surface area contributed by atoms with E-state index in [1.807, 2.05) is 0 Å². The van der Waals surface area contributed by atoms with Crippen molar-refractivity contribution in [1.82, 2.24) is 5.32 Å². The zero-order valence-electron chi connectivity index (χ0n) is 10.5. The molecule has 6 nitrogen and oxygen atoms in total. The topological polar surface area (TPSA) is 91.6 Å². The lowest BCUT2D eigenvalue weighted by molar-refractivity contribution is 0.0698. The molecule has 1 aromatic carbocycles. The van der Waals surface area contributed by atoms with Gasteiger partial charge >= 0.3 is 12.0 Å². The average Bonchev–Trinajstić information content (AvgIpc) is 2.92. The summed E-state index contributed by atoms with van der Waals surface area (Å²) in [5, 5.41) is 14.3. The molecule has 0 atom stereocenters. The highest BCUT2D eigenvalue weighted by Crippen LogP contribution is 2.30. The number of hydrogen-bond donors (Lipinski definition) is 3. The van der Waals surface area contributed by atoms with Crippen LogP contribution >= 0.6 is 23.2 Å². The average molecular weight is 329 g/mol. The molecule has 3 N–H and O–H groups in total. The Kier molecular flexibility index (Phi) is 4.72. The van der Waals surface area contributed by atoms with Crippen molar-refractivity contribution in [2.45, 2.75) is 6.54 Å². The Labute approximate surface area is 129 Å². The zero-order chi connectivity index (χ0) is 15.4. The highest BCUT2D eigenvalue weighted by molar-refractivity contribution is 6.37. The minimum Gasteiger partial charge on any atom is -0.478 e. The van der Waals surface area contributed by atoms with Crippen LogP contribution in [-0.2, 0) is 6.54 Å². The van der Waals surface area contributed by atoms with Gasteiger partial charge in [-0.25, -0.2) is 9.59 Å². The Balaban J connectivity index is 2.11. The molecule has 2 rings (SSSR count). The second kappa shape index (κ2) is 6.51. The highest BCUT2D eigenvalue weighted by atomic mass is 35.5. The quantitative estimate of drug-likeness (QED) is 0.799. The van der Waals surface area contributed by atoms with Gasteiger partial charge in [0.2, 0.25) is 0 Å². The van der Waals surface area contributed by atoms with Gasteiger partial charge < -0.3 is 20.2 Å². The predicted molar refractivity (Wildman–Crippen MR) is 78.0 cm³/mol. The molecule has 0 radical (unpaired) electrons. The Hall–Kier alpha value is -2.18. The van der Waals surface area contributed by atoms with Crippen molar-refractivity contribution in [2.75, 3.05) is 5.32 Å². The molecule has 1 heterocycles. The molecule has 0 unspecified atom stereocenters. The van der Waals surface area contributed by atoms with Crippen molar-refractivity contribution in [1.29, 1.82) is 0 Å². The lowest BCUT2D eigenvalue weighted by Gasteiger charge is -2.11. The molecule has 21 heavy (non-hydrogen) atoms. The fraction of sp³-hybridized carbons (Fsp3) is 0.0769. The largest absolute Gasteiger partial charge is 0.478 e. The van der Waals surface area contributed by atoms with Gasteiger partial charge in [-0.05, 0) is 18.2 Å². The van der Waals surface area contributed by atoms with E-state index in [1.165, 1.54) is 24.7 Å². The first-order valence-corrected chi connectivity index (χ1v) is 6.51. The van der Waals surface area contributed by atoms with Crippen molar-refractivity contribution < 1.29 is 19.1 Å². The van der Waals surface area contributed by atoms with Crippen molar-refractivity contribution in [3.8, 4) is 0 Å². The maximum absolute atomic E-state index is 11.8. The van der Waals surface area contributed by atoms with Crippen LogP contribution in [0.15, 0.2) is 35.1 Å². The Morgan fingerprint density at radius 3 is 2.67 bits per heavy atom. The third kappa shape index (κ3) is 3.90. The van der Waals surface area contributed by atoms with Gasteiger partial charge in [-0.1, -0.05) is 23.2 Å². The van der Waals surface area contributed by atoms with Crippen LogP contribution in [0.25, 0.3) is 0 Å². The molecule has 0 aliphatic rings. The fourth-order valence-electron chi connectivity index (χ4n) is 1.60. The van der Waals surface area contributed by atoms with Gasteiger partial charge in [0.15, 0.2) is 0 Å². The van der Waals surface area contributed by atoms with Crippen LogP contribution in [0.1, 0.15) is 15.9 Å². The van der Waals surface area contributed by atoms with Crippen LogP contribution in [0, 0.1) is 0 Å². The number of halogens is 2. The normalized spacial score (nSPS) is 10.2. The number of aromatic carboxylic acids is 1. The molecule has 0 aliphatic carbocycles.